The van der Waals surface area contributed by atoms with Crippen LogP contribution in [0.2, 0.25) is 0 Å². The topological polar surface area (TPSA) is 52.7 Å². The van der Waals surface area contributed by atoms with Gasteiger partial charge in [0.05, 0.1) is 13.1 Å². The minimum atomic E-state index is 0.0134. The summed E-state index contributed by atoms with van der Waals surface area (Å²) in [7, 11) is 1.78. The molecule has 1 N–H and O–H groups in total. The Morgan fingerprint density at radius 2 is 2.33 bits per heavy atom. The van der Waals surface area contributed by atoms with Gasteiger partial charge in [-0.25, -0.2) is 0 Å². The molecule has 15 heavy (non-hydrogen) atoms. The molecule has 0 bridgehead atoms. The Labute approximate surface area is 90.4 Å². The van der Waals surface area contributed by atoms with Crippen LogP contribution < -0.4 is 5.32 Å². The van der Waals surface area contributed by atoms with E-state index in [2.05, 4.69) is 5.32 Å². The van der Waals surface area contributed by atoms with Crippen LogP contribution in [0.4, 0.5) is 0 Å². The quantitative estimate of drug-likeness (QED) is 0.671. The van der Waals surface area contributed by atoms with E-state index in [-0.39, 0.29) is 18.4 Å². The lowest BCUT2D eigenvalue weighted by Gasteiger charge is -2.28. The Morgan fingerprint density at radius 1 is 1.60 bits per heavy atom. The average Bonchev–Trinajstić information content (AvgIpc) is 2.21. The largest absolute Gasteiger partial charge is 0.344 e. The maximum Gasteiger partial charge on any atom is 0.241 e. The third-order valence-electron chi connectivity index (χ3n) is 2.50. The van der Waals surface area contributed by atoms with Gasteiger partial charge in [0.2, 0.25) is 11.8 Å². The fraction of sp³-hybridized carbons (Fsp3) is 0.800. The van der Waals surface area contributed by atoms with Crippen molar-refractivity contribution < 1.29 is 9.59 Å². The highest BCUT2D eigenvalue weighted by Crippen LogP contribution is 1.97. The Kier molecular flexibility index (Phi) is 4.55. The molecule has 86 valence electrons. The fourth-order valence-corrected chi connectivity index (χ4v) is 1.56. The van der Waals surface area contributed by atoms with E-state index in [1.807, 2.05) is 6.92 Å². The Bertz CT molecular complexity index is 243. The molecular weight excluding hydrogens is 194 g/mol. The lowest BCUT2D eigenvalue weighted by atomic mass is 10.3. The first kappa shape index (κ1) is 12.0. The summed E-state index contributed by atoms with van der Waals surface area (Å²) in [6, 6.07) is 0. The van der Waals surface area contributed by atoms with E-state index in [0.29, 0.717) is 13.1 Å². The number of hydrogen-bond donors (Lipinski definition) is 1. The first-order valence-corrected chi connectivity index (χ1v) is 5.37. The molecule has 0 aromatic rings. The molecule has 0 aromatic carbocycles. The van der Waals surface area contributed by atoms with Gasteiger partial charge in [-0.1, -0.05) is 6.92 Å². The summed E-state index contributed by atoms with van der Waals surface area (Å²) in [5.74, 6) is 0.0339. The molecule has 2 amide bonds. The summed E-state index contributed by atoms with van der Waals surface area (Å²) in [4.78, 5) is 26.4. The van der Waals surface area contributed by atoms with Gasteiger partial charge in [0.15, 0.2) is 0 Å². The number of likely N-dealkylation sites (N-methyl/N-ethyl adjacent to an activating group) is 1. The summed E-state index contributed by atoms with van der Waals surface area (Å²) in [6.07, 6.45) is 0.942. The molecule has 0 saturated carbocycles. The number of nitrogens with zero attached hydrogens (tertiary/aromatic N) is 2. The van der Waals surface area contributed by atoms with Gasteiger partial charge in [-0.3, -0.25) is 9.59 Å². The van der Waals surface area contributed by atoms with E-state index in [1.165, 1.54) is 0 Å². The minimum absolute atomic E-state index is 0.0134. The van der Waals surface area contributed by atoms with Crippen LogP contribution in [0.1, 0.15) is 13.3 Å². The summed E-state index contributed by atoms with van der Waals surface area (Å²) in [5.41, 5.74) is 0. The fourth-order valence-electron chi connectivity index (χ4n) is 1.56. The number of carbonyl (C=O) groups is 2. The molecule has 0 aliphatic carbocycles. The third-order valence-corrected chi connectivity index (χ3v) is 2.50. The molecular formula is C10H19N3O2. The maximum absolute atomic E-state index is 11.7. The number of piperazine rings is 1. The van der Waals surface area contributed by atoms with E-state index >= 15 is 0 Å². The molecule has 0 radical (unpaired) electrons. The molecule has 1 aliphatic heterocycles. The van der Waals surface area contributed by atoms with Crippen molar-refractivity contribution in [2.24, 2.45) is 0 Å². The Hall–Kier alpha value is -1.10. The van der Waals surface area contributed by atoms with Gasteiger partial charge in [0, 0.05) is 26.7 Å². The van der Waals surface area contributed by atoms with Crippen LogP contribution >= 0.6 is 0 Å². The lowest BCUT2D eigenvalue weighted by molar-refractivity contribution is -0.140. The lowest BCUT2D eigenvalue weighted by Crippen LogP contribution is -2.51. The number of rotatable bonds is 4. The normalized spacial score (nSPS) is 16.7. The summed E-state index contributed by atoms with van der Waals surface area (Å²) < 4.78 is 0. The predicted molar refractivity (Wildman–Crippen MR) is 57.4 cm³/mol. The molecule has 0 spiro atoms. The molecule has 1 aliphatic rings. The van der Waals surface area contributed by atoms with Crippen molar-refractivity contribution in [3.63, 3.8) is 0 Å². The van der Waals surface area contributed by atoms with Gasteiger partial charge in [-0.15, -0.1) is 0 Å². The molecule has 5 heteroatoms. The second-order valence-corrected chi connectivity index (χ2v) is 3.81. The van der Waals surface area contributed by atoms with Gasteiger partial charge in [0.25, 0.3) is 0 Å². The number of hydrogen-bond acceptors (Lipinski definition) is 3. The van der Waals surface area contributed by atoms with Crippen LogP contribution in [0, 0.1) is 0 Å². The van der Waals surface area contributed by atoms with Crippen molar-refractivity contribution in [2.75, 3.05) is 39.8 Å². The Morgan fingerprint density at radius 3 is 2.93 bits per heavy atom. The van der Waals surface area contributed by atoms with E-state index in [4.69, 9.17) is 0 Å². The number of nitrogens with one attached hydrogen (secondary N) is 1. The van der Waals surface area contributed by atoms with Crippen molar-refractivity contribution in [3.05, 3.63) is 0 Å². The molecule has 0 unspecified atom stereocenters. The van der Waals surface area contributed by atoms with Gasteiger partial charge < -0.3 is 15.1 Å². The van der Waals surface area contributed by atoms with Gasteiger partial charge in [0.1, 0.15) is 0 Å². The third kappa shape index (κ3) is 3.51. The molecule has 0 atom stereocenters. The Balaban J connectivity index is 2.39. The van der Waals surface area contributed by atoms with Crippen LogP contribution in [-0.4, -0.2) is 61.4 Å². The van der Waals surface area contributed by atoms with Crippen LogP contribution in [0.15, 0.2) is 0 Å². The molecule has 0 aromatic heterocycles. The van der Waals surface area contributed by atoms with Crippen LogP contribution in [0.25, 0.3) is 0 Å². The second-order valence-electron chi connectivity index (χ2n) is 3.81. The SMILES string of the molecule is CCCN(C)C(=O)CN1CCNCC1=O. The summed E-state index contributed by atoms with van der Waals surface area (Å²) in [6.45, 7) is 4.75. The zero-order chi connectivity index (χ0) is 11.3. The van der Waals surface area contributed by atoms with Crippen molar-refractivity contribution in [1.29, 1.82) is 0 Å². The molecule has 1 rings (SSSR count). The van der Waals surface area contributed by atoms with Gasteiger partial charge in [-0.05, 0) is 6.42 Å². The predicted octanol–water partition coefficient (Wildman–Crippen LogP) is -0.713. The minimum Gasteiger partial charge on any atom is -0.344 e. The van der Waals surface area contributed by atoms with E-state index in [1.54, 1.807) is 16.8 Å². The van der Waals surface area contributed by atoms with Crippen molar-refractivity contribution >= 4 is 11.8 Å². The number of amides is 2. The van der Waals surface area contributed by atoms with Crippen molar-refractivity contribution in [2.45, 2.75) is 13.3 Å². The highest BCUT2D eigenvalue weighted by atomic mass is 16.2. The zero-order valence-corrected chi connectivity index (χ0v) is 9.45. The second kappa shape index (κ2) is 5.70. The van der Waals surface area contributed by atoms with Crippen molar-refractivity contribution in [1.82, 2.24) is 15.1 Å². The molecule has 1 heterocycles. The smallest absolute Gasteiger partial charge is 0.241 e. The standard InChI is InChI=1S/C10H19N3O2/c1-3-5-12(2)10(15)8-13-6-4-11-7-9(13)14/h11H,3-8H2,1-2H3. The van der Waals surface area contributed by atoms with E-state index < -0.39 is 0 Å². The first-order chi connectivity index (χ1) is 7.15. The monoisotopic (exact) mass is 213 g/mol. The van der Waals surface area contributed by atoms with E-state index in [9.17, 15) is 9.59 Å². The highest BCUT2D eigenvalue weighted by Gasteiger charge is 2.21. The molecule has 5 nitrogen and oxygen atoms in total. The van der Waals surface area contributed by atoms with Crippen LogP contribution in [0.3, 0.4) is 0 Å². The van der Waals surface area contributed by atoms with E-state index in [0.717, 1.165) is 19.5 Å². The summed E-state index contributed by atoms with van der Waals surface area (Å²) >= 11 is 0. The van der Waals surface area contributed by atoms with Gasteiger partial charge >= 0.3 is 0 Å². The zero-order valence-electron chi connectivity index (χ0n) is 9.45. The molecule has 1 saturated heterocycles. The van der Waals surface area contributed by atoms with Crippen LogP contribution in [-0.2, 0) is 9.59 Å². The first-order valence-electron chi connectivity index (χ1n) is 5.37. The van der Waals surface area contributed by atoms with Crippen LogP contribution in [0.5, 0.6) is 0 Å². The number of carbonyl (C=O) groups excluding carboxylic acids is 2. The van der Waals surface area contributed by atoms with Gasteiger partial charge in [-0.2, -0.15) is 0 Å². The average molecular weight is 213 g/mol. The summed E-state index contributed by atoms with van der Waals surface area (Å²) in [5, 5.41) is 2.98. The highest BCUT2D eigenvalue weighted by molar-refractivity contribution is 5.86. The maximum atomic E-state index is 11.7. The molecule has 1 fully saturated rings. The van der Waals surface area contributed by atoms with Crippen molar-refractivity contribution in [3.8, 4) is 0 Å².